The van der Waals surface area contributed by atoms with Crippen molar-refractivity contribution < 1.29 is 32.6 Å². The first kappa shape index (κ1) is 43.1. The summed E-state index contributed by atoms with van der Waals surface area (Å²) in [6, 6.07) is 29.4. The summed E-state index contributed by atoms with van der Waals surface area (Å²) >= 11 is 0. The lowest BCUT2D eigenvalue weighted by atomic mass is 9.94. The molecular weight excluding hydrogens is 697 g/mol. The zero-order valence-electron chi connectivity index (χ0n) is 34.4. The Morgan fingerprint density at radius 2 is 1.34 bits per heavy atom. The molecule has 1 aliphatic heterocycles. The number of rotatable bonds is 17. The van der Waals surface area contributed by atoms with E-state index in [9.17, 15) is 4.79 Å². The summed E-state index contributed by atoms with van der Waals surface area (Å²) in [5.74, 6) is -0.264. The van der Waals surface area contributed by atoms with Crippen molar-refractivity contribution >= 4 is 33.3 Å². The molecule has 0 unspecified atom stereocenters. The summed E-state index contributed by atoms with van der Waals surface area (Å²) in [6.07, 6.45) is 2.09. The third-order valence-electron chi connectivity index (χ3n) is 11.0. The Hall–Kier alpha value is -2.64. The van der Waals surface area contributed by atoms with E-state index in [4.69, 9.17) is 27.8 Å². The number of hydrogen-bond donors (Lipinski definition) is 0. The normalized spacial score (nSPS) is 20.0. The Kier molecular flexibility index (Phi) is 14.5. The molecule has 1 fully saturated rings. The largest absolute Gasteiger partial charge is 0.497 e. The molecule has 0 radical (unpaired) electrons. The summed E-state index contributed by atoms with van der Waals surface area (Å²) in [5.41, 5.74) is 1.06. The summed E-state index contributed by atoms with van der Waals surface area (Å²) in [4.78, 5) is 12.1. The molecule has 3 aromatic rings. The van der Waals surface area contributed by atoms with Gasteiger partial charge in [-0.2, -0.15) is 0 Å². The van der Waals surface area contributed by atoms with Gasteiger partial charge in [-0.25, -0.2) is 0 Å². The van der Waals surface area contributed by atoms with E-state index in [2.05, 4.69) is 115 Å². The molecule has 1 heterocycles. The van der Waals surface area contributed by atoms with Gasteiger partial charge in [-0.3, -0.25) is 0 Å². The van der Waals surface area contributed by atoms with Crippen molar-refractivity contribution in [3.05, 3.63) is 90.5 Å². The number of aldehydes is 1. The minimum Gasteiger partial charge on any atom is -0.497 e. The fraction of sp³-hybridized carbons (Fsp3) is 0.568. The molecule has 0 bridgehead atoms. The zero-order valence-corrected chi connectivity index (χ0v) is 36.4. The first-order valence-corrected chi connectivity index (χ1v) is 24.1. The van der Waals surface area contributed by atoms with E-state index in [1.807, 2.05) is 45.0 Å². The molecule has 3 aromatic carbocycles. The van der Waals surface area contributed by atoms with E-state index in [1.165, 1.54) is 10.4 Å². The van der Waals surface area contributed by atoms with Crippen molar-refractivity contribution in [2.75, 3.05) is 13.7 Å². The van der Waals surface area contributed by atoms with Gasteiger partial charge in [0, 0.05) is 18.8 Å². The second-order valence-electron chi connectivity index (χ2n) is 17.8. The molecule has 4 rings (SSSR count). The molecule has 292 valence electrons. The molecular formula is C44H66O7Si2. The molecule has 0 N–H and O–H groups in total. The Balaban J connectivity index is 1.64. The first-order chi connectivity index (χ1) is 24.8. The van der Waals surface area contributed by atoms with Gasteiger partial charge in [-0.05, 0) is 71.5 Å². The Bertz CT molecular complexity index is 1510. The predicted molar refractivity (Wildman–Crippen MR) is 220 cm³/mol. The van der Waals surface area contributed by atoms with Gasteiger partial charge in [0.2, 0.25) is 0 Å². The van der Waals surface area contributed by atoms with Crippen molar-refractivity contribution in [3.63, 3.8) is 0 Å². The predicted octanol–water partition coefficient (Wildman–Crippen LogP) is 9.07. The van der Waals surface area contributed by atoms with Crippen LogP contribution in [0, 0.1) is 5.92 Å². The van der Waals surface area contributed by atoms with E-state index >= 15 is 0 Å². The van der Waals surface area contributed by atoms with Crippen LogP contribution in [0.2, 0.25) is 23.2 Å². The van der Waals surface area contributed by atoms with Crippen molar-refractivity contribution in [1.82, 2.24) is 0 Å². The average molecular weight is 763 g/mol. The minimum atomic E-state index is -2.83. The molecule has 1 aliphatic rings. The van der Waals surface area contributed by atoms with Crippen LogP contribution in [0.1, 0.15) is 87.1 Å². The van der Waals surface area contributed by atoms with Crippen molar-refractivity contribution in [3.8, 4) is 5.75 Å². The number of methoxy groups -OCH3 is 1. The fourth-order valence-corrected chi connectivity index (χ4v) is 13.2. The maximum atomic E-state index is 12.1. The van der Waals surface area contributed by atoms with Gasteiger partial charge in [-0.1, -0.05) is 121 Å². The van der Waals surface area contributed by atoms with Crippen LogP contribution in [-0.2, 0) is 34.5 Å². The molecule has 1 saturated heterocycles. The molecule has 0 spiro atoms. The Labute approximate surface area is 322 Å². The molecule has 0 amide bonds. The van der Waals surface area contributed by atoms with Gasteiger partial charge in [0.05, 0.1) is 44.7 Å². The van der Waals surface area contributed by atoms with Gasteiger partial charge in [0.25, 0.3) is 8.32 Å². The highest BCUT2D eigenvalue weighted by atomic mass is 28.4. The molecule has 0 saturated carbocycles. The van der Waals surface area contributed by atoms with Crippen LogP contribution < -0.4 is 15.1 Å². The van der Waals surface area contributed by atoms with Gasteiger partial charge in [0.15, 0.2) is 14.1 Å². The molecule has 5 atom stereocenters. The summed E-state index contributed by atoms with van der Waals surface area (Å²) in [5, 5.41) is 2.31. The number of hydrogen-bond acceptors (Lipinski definition) is 7. The number of ether oxygens (including phenoxy) is 4. The van der Waals surface area contributed by atoms with Crippen LogP contribution in [0.5, 0.6) is 5.75 Å². The molecule has 0 aliphatic carbocycles. The first-order valence-electron chi connectivity index (χ1n) is 19.3. The summed E-state index contributed by atoms with van der Waals surface area (Å²) < 4.78 is 39.7. The Morgan fingerprint density at radius 1 is 0.811 bits per heavy atom. The minimum absolute atomic E-state index is 0.0196. The molecule has 53 heavy (non-hydrogen) atoms. The zero-order chi connectivity index (χ0) is 39.1. The van der Waals surface area contributed by atoms with Crippen LogP contribution in [-0.4, -0.2) is 66.8 Å². The lowest BCUT2D eigenvalue weighted by Gasteiger charge is -2.45. The van der Waals surface area contributed by atoms with E-state index in [-0.39, 0.29) is 40.4 Å². The van der Waals surface area contributed by atoms with Crippen molar-refractivity contribution in [2.45, 2.75) is 142 Å². The van der Waals surface area contributed by atoms with Gasteiger partial charge >= 0.3 is 0 Å². The van der Waals surface area contributed by atoms with Crippen LogP contribution in [0.3, 0.4) is 0 Å². The highest BCUT2D eigenvalue weighted by Crippen LogP contribution is 2.41. The maximum Gasteiger partial charge on any atom is 0.261 e. The lowest BCUT2D eigenvalue weighted by molar-refractivity contribution is -0.306. The third kappa shape index (κ3) is 11.2. The summed E-state index contributed by atoms with van der Waals surface area (Å²) in [7, 11) is -3.30. The SMILES string of the molecule is COc1ccc(CO[C@H](CO[Si](c2ccccc2)(c2ccccc2)C(C)(C)C)C[C@@H]2C[C@H](C[C@@H](O[Si](C)(C)C(C)(C)C)[C@H](C)C=O)OC(C)(C)O2)cc1. The standard InChI is InChI=1S/C44H66O7Si2/c1-33(30-45)41(51-52(11,12)42(2,3)4)29-37-27-36(49-44(8,9)50-37)28-38(47-31-34-23-25-35(46-10)26-24-34)32-48-53(43(5,6)7,39-19-15-13-16-20-39)40-21-17-14-18-22-40/h13-26,30,33,36-38,41H,27-29,31-32H2,1-12H3/t33-,36+,37-,38+,41-/m1/s1. The molecule has 0 aromatic heterocycles. The van der Waals surface area contributed by atoms with Crippen molar-refractivity contribution in [1.29, 1.82) is 0 Å². The van der Waals surface area contributed by atoms with E-state index in [1.54, 1.807) is 7.11 Å². The van der Waals surface area contributed by atoms with Gasteiger partial charge < -0.3 is 32.6 Å². The second kappa shape index (κ2) is 17.9. The van der Waals surface area contributed by atoms with Gasteiger partial charge in [-0.15, -0.1) is 0 Å². The van der Waals surface area contributed by atoms with E-state index in [0.29, 0.717) is 32.5 Å². The summed E-state index contributed by atoms with van der Waals surface area (Å²) in [6.45, 7) is 24.8. The smallest absolute Gasteiger partial charge is 0.261 e. The highest BCUT2D eigenvalue weighted by Gasteiger charge is 2.51. The lowest BCUT2D eigenvalue weighted by Crippen LogP contribution is -2.67. The topological polar surface area (TPSA) is 72.5 Å². The monoisotopic (exact) mass is 762 g/mol. The van der Waals surface area contributed by atoms with E-state index < -0.39 is 22.4 Å². The molecule has 7 nitrogen and oxygen atoms in total. The van der Waals surface area contributed by atoms with Crippen LogP contribution >= 0.6 is 0 Å². The second-order valence-corrected chi connectivity index (χ2v) is 26.8. The Morgan fingerprint density at radius 3 is 1.81 bits per heavy atom. The molecule has 9 heteroatoms. The van der Waals surface area contributed by atoms with Gasteiger partial charge in [0.1, 0.15) is 12.0 Å². The number of carbonyl (C=O) groups is 1. The quantitative estimate of drug-likeness (QED) is 0.100. The maximum absolute atomic E-state index is 12.1. The number of carbonyl (C=O) groups excluding carboxylic acids is 1. The number of benzene rings is 3. The van der Waals surface area contributed by atoms with E-state index in [0.717, 1.165) is 17.6 Å². The van der Waals surface area contributed by atoms with Crippen LogP contribution in [0.15, 0.2) is 84.9 Å². The fourth-order valence-electron chi connectivity index (χ4n) is 7.17. The third-order valence-corrected chi connectivity index (χ3v) is 20.6. The van der Waals surface area contributed by atoms with Crippen LogP contribution in [0.4, 0.5) is 0 Å². The average Bonchev–Trinajstić information content (AvgIpc) is 3.09. The van der Waals surface area contributed by atoms with Crippen LogP contribution in [0.25, 0.3) is 0 Å². The van der Waals surface area contributed by atoms with Crippen molar-refractivity contribution in [2.24, 2.45) is 5.92 Å². The highest BCUT2D eigenvalue weighted by molar-refractivity contribution is 6.99.